The van der Waals surface area contributed by atoms with Gasteiger partial charge in [-0.25, -0.2) is 4.99 Å². The van der Waals surface area contributed by atoms with E-state index in [1.807, 2.05) is 0 Å². The first kappa shape index (κ1) is 9.13. The van der Waals surface area contributed by atoms with Gasteiger partial charge in [-0.3, -0.25) is 0 Å². The zero-order valence-electron chi connectivity index (χ0n) is 7.49. The van der Waals surface area contributed by atoms with Crippen LogP contribution in [0.4, 0.5) is 5.95 Å². The fourth-order valence-electron chi connectivity index (χ4n) is 0.964. The summed E-state index contributed by atoms with van der Waals surface area (Å²) in [6.07, 6.45) is 1.45. The molecule has 0 spiro atoms. The molecule has 0 saturated heterocycles. The van der Waals surface area contributed by atoms with Crippen molar-refractivity contribution in [3.05, 3.63) is 23.8 Å². The first-order valence-corrected chi connectivity index (χ1v) is 4.05. The maximum absolute atomic E-state index is 9.20. The minimum absolute atomic E-state index is 0.174. The largest absolute Gasteiger partial charge is 0.504 e. The zero-order chi connectivity index (χ0) is 10.7. The number of tetrazole rings is 1. The molecule has 1 heterocycles. The van der Waals surface area contributed by atoms with Crippen LogP contribution in [-0.4, -0.2) is 37.1 Å². The second-order valence-corrected chi connectivity index (χ2v) is 2.72. The molecule has 15 heavy (non-hydrogen) atoms. The summed E-state index contributed by atoms with van der Waals surface area (Å²) in [6.45, 7) is 0. The van der Waals surface area contributed by atoms with E-state index in [-0.39, 0.29) is 17.4 Å². The van der Waals surface area contributed by atoms with Gasteiger partial charge >= 0.3 is 0 Å². The summed E-state index contributed by atoms with van der Waals surface area (Å²) in [5, 5.41) is 31.1. The Morgan fingerprint density at radius 3 is 2.80 bits per heavy atom. The standard InChI is InChI=1S/C8H7N5O2/c14-6-2-1-5(3-7(6)15)4-9-8-10-12-13-11-8/h1-4,14-15H,(H,10,11,12,13)/b9-4+. The maximum Gasteiger partial charge on any atom is 0.288 e. The Labute approximate surface area is 84.1 Å². The molecule has 0 saturated carbocycles. The summed E-state index contributed by atoms with van der Waals surface area (Å²) in [4.78, 5) is 3.87. The van der Waals surface area contributed by atoms with Crippen molar-refractivity contribution in [3.8, 4) is 11.5 Å². The van der Waals surface area contributed by atoms with Crippen molar-refractivity contribution in [1.82, 2.24) is 20.6 Å². The number of hydrogen-bond acceptors (Lipinski definition) is 6. The van der Waals surface area contributed by atoms with Gasteiger partial charge < -0.3 is 10.2 Å². The fourth-order valence-corrected chi connectivity index (χ4v) is 0.964. The van der Waals surface area contributed by atoms with Crippen LogP contribution in [0.1, 0.15) is 5.56 Å². The number of aromatic hydroxyl groups is 2. The van der Waals surface area contributed by atoms with E-state index >= 15 is 0 Å². The number of hydrogen-bond donors (Lipinski definition) is 3. The van der Waals surface area contributed by atoms with Gasteiger partial charge in [0.2, 0.25) is 0 Å². The van der Waals surface area contributed by atoms with E-state index in [9.17, 15) is 5.11 Å². The van der Waals surface area contributed by atoms with E-state index in [0.717, 1.165) is 0 Å². The molecule has 2 aromatic rings. The number of aromatic amines is 1. The van der Waals surface area contributed by atoms with Gasteiger partial charge in [0, 0.05) is 6.21 Å². The van der Waals surface area contributed by atoms with Gasteiger partial charge in [0.05, 0.1) is 0 Å². The number of aliphatic imine (C=N–C) groups is 1. The molecule has 1 aromatic carbocycles. The van der Waals surface area contributed by atoms with Crippen molar-refractivity contribution in [3.63, 3.8) is 0 Å². The van der Waals surface area contributed by atoms with E-state index in [1.165, 1.54) is 18.3 Å². The summed E-state index contributed by atoms with van der Waals surface area (Å²) >= 11 is 0. The highest BCUT2D eigenvalue weighted by atomic mass is 16.3. The smallest absolute Gasteiger partial charge is 0.288 e. The van der Waals surface area contributed by atoms with Crippen LogP contribution in [0.2, 0.25) is 0 Å². The van der Waals surface area contributed by atoms with Crippen molar-refractivity contribution < 1.29 is 10.2 Å². The predicted molar refractivity (Wildman–Crippen MR) is 51.2 cm³/mol. The lowest BCUT2D eigenvalue weighted by Gasteiger charge is -1.97. The molecule has 3 N–H and O–H groups in total. The Morgan fingerprint density at radius 2 is 2.13 bits per heavy atom. The van der Waals surface area contributed by atoms with Gasteiger partial charge in [-0.2, -0.15) is 5.21 Å². The number of phenolic OH excluding ortho intramolecular Hbond substituents is 2. The molecule has 0 amide bonds. The quantitative estimate of drug-likeness (QED) is 0.484. The molecule has 0 unspecified atom stereocenters. The number of phenols is 2. The van der Waals surface area contributed by atoms with Crippen LogP contribution in [0.25, 0.3) is 0 Å². The van der Waals surface area contributed by atoms with Crippen LogP contribution in [0.15, 0.2) is 23.2 Å². The molecule has 1 aromatic heterocycles. The number of H-pyrrole nitrogens is 1. The lowest BCUT2D eigenvalue weighted by Crippen LogP contribution is -1.80. The van der Waals surface area contributed by atoms with Gasteiger partial charge in [0.1, 0.15) is 0 Å². The molecule has 0 radical (unpaired) electrons. The molecular weight excluding hydrogens is 198 g/mol. The van der Waals surface area contributed by atoms with Gasteiger partial charge in [0.15, 0.2) is 11.5 Å². The monoisotopic (exact) mass is 205 g/mol. The summed E-state index contributed by atoms with van der Waals surface area (Å²) in [5.41, 5.74) is 0.620. The third-order valence-electron chi connectivity index (χ3n) is 1.66. The van der Waals surface area contributed by atoms with Crippen LogP contribution in [0, 0.1) is 0 Å². The summed E-state index contributed by atoms with van der Waals surface area (Å²) in [5.74, 6) is -0.179. The SMILES string of the molecule is Oc1ccc(/C=N/c2nn[nH]n2)cc1O. The van der Waals surface area contributed by atoms with E-state index in [2.05, 4.69) is 25.6 Å². The predicted octanol–water partition coefficient (Wildman–Crippen LogP) is 0.361. The molecule has 0 aliphatic carbocycles. The number of nitrogens with one attached hydrogen (secondary N) is 1. The first-order chi connectivity index (χ1) is 7.25. The molecule has 0 bridgehead atoms. The minimum Gasteiger partial charge on any atom is -0.504 e. The molecular formula is C8H7N5O2. The highest BCUT2D eigenvalue weighted by Crippen LogP contribution is 2.24. The van der Waals surface area contributed by atoms with Crippen molar-refractivity contribution in [1.29, 1.82) is 0 Å². The Morgan fingerprint density at radius 1 is 1.27 bits per heavy atom. The Kier molecular flexibility index (Phi) is 2.28. The van der Waals surface area contributed by atoms with Crippen LogP contribution in [-0.2, 0) is 0 Å². The summed E-state index contributed by atoms with van der Waals surface area (Å²) < 4.78 is 0. The summed E-state index contributed by atoms with van der Waals surface area (Å²) in [7, 11) is 0. The second kappa shape index (κ2) is 3.74. The Hall–Kier alpha value is -2.44. The van der Waals surface area contributed by atoms with Gasteiger partial charge in [-0.05, 0) is 29.0 Å². The summed E-state index contributed by atoms with van der Waals surface area (Å²) in [6, 6.07) is 4.34. The number of nitrogens with zero attached hydrogens (tertiary/aromatic N) is 4. The number of aromatic nitrogens is 4. The average Bonchev–Trinajstić information content (AvgIpc) is 2.73. The van der Waals surface area contributed by atoms with E-state index in [4.69, 9.17) is 5.11 Å². The molecule has 2 rings (SSSR count). The molecule has 7 nitrogen and oxygen atoms in total. The maximum atomic E-state index is 9.20. The molecule has 0 fully saturated rings. The molecule has 76 valence electrons. The third-order valence-corrected chi connectivity index (χ3v) is 1.66. The van der Waals surface area contributed by atoms with E-state index in [1.54, 1.807) is 6.07 Å². The number of rotatable bonds is 2. The van der Waals surface area contributed by atoms with E-state index < -0.39 is 0 Å². The zero-order valence-corrected chi connectivity index (χ0v) is 7.49. The van der Waals surface area contributed by atoms with Gasteiger partial charge in [-0.1, -0.05) is 5.10 Å². The first-order valence-electron chi connectivity index (χ1n) is 4.05. The highest BCUT2D eigenvalue weighted by molar-refractivity contribution is 5.82. The molecule has 0 atom stereocenters. The minimum atomic E-state index is -0.202. The van der Waals surface area contributed by atoms with Gasteiger partial charge in [0.25, 0.3) is 5.95 Å². The van der Waals surface area contributed by atoms with Crippen LogP contribution >= 0.6 is 0 Å². The highest BCUT2D eigenvalue weighted by Gasteiger charge is 1.98. The van der Waals surface area contributed by atoms with Gasteiger partial charge in [-0.15, -0.1) is 5.10 Å². The Bertz CT molecular complexity index is 480. The lowest BCUT2D eigenvalue weighted by molar-refractivity contribution is 0.403. The van der Waals surface area contributed by atoms with Crippen LogP contribution in [0.5, 0.6) is 11.5 Å². The lowest BCUT2D eigenvalue weighted by atomic mass is 10.2. The topological polar surface area (TPSA) is 107 Å². The molecule has 7 heteroatoms. The van der Waals surface area contributed by atoms with Crippen LogP contribution in [0.3, 0.4) is 0 Å². The van der Waals surface area contributed by atoms with E-state index in [0.29, 0.717) is 5.56 Å². The van der Waals surface area contributed by atoms with Crippen molar-refractivity contribution in [2.24, 2.45) is 4.99 Å². The number of benzene rings is 1. The second-order valence-electron chi connectivity index (χ2n) is 2.72. The van der Waals surface area contributed by atoms with Crippen LogP contribution < -0.4 is 0 Å². The average molecular weight is 205 g/mol. The third kappa shape index (κ3) is 2.08. The van der Waals surface area contributed by atoms with Crippen molar-refractivity contribution in [2.75, 3.05) is 0 Å². The van der Waals surface area contributed by atoms with Crippen molar-refractivity contribution >= 4 is 12.2 Å². The molecule has 0 aliphatic rings. The fraction of sp³-hybridized carbons (Fsp3) is 0. The normalized spacial score (nSPS) is 10.9. The molecule has 0 aliphatic heterocycles. The van der Waals surface area contributed by atoms with Crippen molar-refractivity contribution in [2.45, 2.75) is 0 Å². The Balaban J connectivity index is 2.21.